The Morgan fingerprint density at radius 2 is 1.62 bits per heavy atom. The summed E-state index contributed by atoms with van der Waals surface area (Å²) in [5.41, 5.74) is -2.43. The van der Waals surface area contributed by atoms with Crippen molar-refractivity contribution in [1.82, 2.24) is 4.72 Å². The molecule has 0 heterocycles. The van der Waals surface area contributed by atoms with Crippen molar-refractivity contribution < 1.29 is 35.6 Å². The van der Waals surface area contributed by atoms with E-state index >= 15 is 0 Å². The number of anilines is 2. The maximum absolute atomic E-state index is 14.1. The normalized spacial score (nSPS) is 11.8. The number of carbonyl (C=O) groups excluding carboxylic acids is 2. The lowest BCUT2D eigenvalue weighted by Gasteiger charge is -2.15. The van der Waals surface area contributed by atoms with Crippen LogP contribution in [-0.2, 0) is 21.0 Å². The third kappa shape index (κ3) is 5.29. The van der Waals surface area contributed by atoms with Gasteiger partial charge in [-0.2, -0.15) is 13.2 Å². The van der Waals surface area contributed by atoms with Gasteiger partial charge >= 0.3 is 6.18 Å². The van der Waals surface area contributed by atoms with Gasteiger partial charge in [0.25, 0.3) is 5.91 Å². The molecule has 156 valence electrons. The molecule has 2 amide bonds. The first-order valence-electron chi connectivity index (χ1n) is 7.88. The molecular formula is C17H15F4N3O4S. The number of alkyl halides is 3. The molecule has 7 nitrogen and oxygen atoms in total. The lowest BCUT2D eigenvalue weighted by molar-refractivity contribution is -0.137. The van der Waals surface area contributed by atoms with Gasteiger partial charge in [0, 0.05) is 6.92 Å². The van der Waals surface area contributed by atoms with Crippen LogP contribution in [0.15, 0.2) is 41.3 Å². The van der Waals surface area contributed by atoms with E-state index in [1.54, 1.807) is 0 Å². The smallest absolute Gasteiger partial charge is 0.325 e. The summed E-state index contributed by atoms with van der Waals surface area (Å²) in [7, 11) is -2.88. The van der Waals surface area contributed by atoms with Gasteiger partial charge in [-0.15, -0.1) is 0 Å². The first-order valence-corrected chi connectivity index (χ1v) is 9.36. The highest BCUT2D eigenvalue weighted by Gasteiger charge is 2.31. The lowest BCUT2D eigenvalue weighted by Crippen LogP contribution is -2.21. The SMILES string of the molecule is CNS(=O)(=O)c1ccc(F)c(C(=O)Nc2cc(C(F)(F)F)ccc2NC(C)=O)c1. The summed E-state index contributed by atoms with van der Waals surface area (Å²) in [6.45, 7) is 1.11. The third-order valence-electron chi connectivity index (χ3n) is 3.67. The molecule has 0 saturated carbocycles. The van der Waals surface area contributed by atoms with Crippen LogP contribution >= 0.6 is 0 Å². The van der Waals surface area contributed by atoms with E-state index in [-0.39, 0.29) is 5.69 Å². The van der Waals surface area contributed by atoms with Crippen LogP contribution in [0.2, 0.25) is 0 Å². The van der Waals surface area contributed by atoms with Gasteiger partial charge in [-0.25, -0.2) is 17.5 Å². The van der Waals surface area contributed by atoms with E-state index in [1.165, 1.54) is 0 Å². The zero-order valence-corrected chi connectivity index (χ0v) is 15.8. The molecule has 2 rings (SSSR count). The van der Waals surface area contributed by atoms with Gasteiger partial charge in [0.15, 0.2) is 0 Å². The van der Waals surface area contributed by atoms with Crippen molar-refractivity contribution in [3.8, 4) is 0 Å². The number of rotatable bonds is 5. The fraction of sp³-hybridized carbons (Fsp3) is 0.176. The first-order chi connectivity index (χ1) is 13.3. The minimum atomic E-state index is -4.74. The van der Waals surface area contributed by atoms with Crippen LogP contribution in [0.5, 0.6) is 0 Å². The third-order valence-corrected chi connectivity index (χ3v) is 5.08. The molecular weight excluding hydrogens is 418 g/mol. The fourth-order valence-corrected chi connectivity index (χ4v) is 3.03. The molecule has 0 aromatic heterocycles. The number of carbonyl (C=O) groups is 2. The number of benzene rings is 2. The molecule has 0 spiro atoms. The molecule has 0 saturated heterocycles. The standard InChI is InChI=1S/C17H15F4N3O4S/c1-9(25)23-14-6-3-10(17(19,20)21)7-15(14)24-16(26)12-8-11(4-5-13(12)18)29(27,28)22-2/h3-8,22H,1-2H3,(H,23,25)(H,24,26). The minimum Gasteiger partial charge on any atom is -0.325 e. The quantitative estimate of drug-likeness (QED) is 0.631. The van der Waals surface area contributed by atoms with Crippen LogP contribution in [0.25, 0.3) is 0 Å². The molecule has 12 heteroatoms. The topological polar surface area (TPSA) is 104 Å². The predicted molar refractivity (Wildman–Crippen MR) is 96.3 cm³/mol. The molecule has 0 aliphatic rings. The average Bonchev–Trinajstić information content (AvgIpc) is 2.61. The second kappa shape index (κ2) is 8.17. The summed E-state index contributed by atoms with van der Waals surface area (Å²) in [4.78, 5) is 23.3. The first kappa shape index (κ1) is 22.3. The molecule has 0 atom stereocenters. The monoisotopic (exact) mass is 433 g/mol. The van der Waals surface area contributed by atoms with E-state index in [0.717, 1.165) is 38.2 Å². The molecule has 2 aromatic rings. The number of hydrogen-bond donors (Lipinski definition) is 3. The van der Waals surface area contributed by atoms with Gasteiger partial charge in [-0.3, -0.25) is 9.59 Å². The van der Waals surface area contributed by atoms with E-state index in [4.69, 9.17) is 0 Å². The Balaban J connectivity index is 2.49. The molecule has 29 heavy (non-hydrogen) atoms. The number of sulfonamides is 1. The molecule has 0 fully saturated rings. The minimum absolute atomic E-state index is 0.154. The van der Waals surface area contributed by atoms with E-state index < -0.39 is 55.5 Å². The van der Waals surface area contributed by atoms with Crippen LogP contribution in [0, 0.1) is 5.82 Å². The van der Waals surface area contributed by atoms with Gasteiger partial charge in [0.1, 0.15) is 5.82 Å². The zero-order chi connectivity index (χ0) is 22.0. The summed E-state index contributed by atoms with van der Waals surface area (Å²) in [6, 6.07) is 4.59. The van der Waals surface area contributed by atoms with Crippen molar-refractivity contribution in [3.63, 3.8) is 0 Å². The molecule has 0 unspecified atom stereocenters. The molecule has 0 aliphatic heterocycles. The zero-order valence-electron chi connectivity index (χ0n) is 15.0. The van der Waals surface area contributed by atoms with Crippen molar-refractivity contribution in [2.24, 2.45) is 0 Å². The Morgan fingerprint density at radius 1 is 0.966 bits per heavy atom. The summed E-state index contributed by atoms with van der Waals surface area (Å²) in [6.07, 6.45) is -4.74. The van der Waals surface area contributed by atoms with Crippen LogP contribution in [0.3, 0.4) is 0 Å². The second-order valence-electron chi connectivity index (χ2n) is 5.74. The van der Waals surface area contributed by atoms with Crippen LogP contribution in [0.1, 0.15) is 22.8 Å². The van der Waals surface area contributed by atoms with Crippen LogP contribution in [0.4, 0.5) is 28.9 Å². The number of halogens is 4. The highest BCUT2D eigenvalue weighted by molar-refractivity contribution is 7.89. The maximum Gasteiger partial charge on any atom is 0.416 e. The Morgan fingerprint density at radius 3 is 2.17 bits per heavy atom. The fourth-order valence-electron chi connectivity index (χ4n) is 2.28. The van der Waals surface area contributed by atoms with Gasteiger partial charge in [-0.05, 0) is 43.4 Å². The second-order valence-corrected chi connectivity index (χ2v) is 7.63. The van der Waals surface area contributed by atoms with Crippen molar-refractivity contribution in [3.05, 3.63) is 53.3 Å². The van der Waals surface area contributed by atoms with Gasteiger partial charge in [0.05, 0.1) is 27.4 Å². The molecule has 0 bridgehead atoms. The highest BCUT2D eigenvalue weighted by atomic mass is 32.2. The Kier molecular flexibility index (Phi) is 6.28. The molecule has 0 radical (unpaired) electrons. The number of nitrogens with one attached hydrogen (secondary N) is 3. The Labute approximate surface area is 163 Å². The van der Waals surface area contributed by atoms with Gasteiger partial charge < -0.3 is 10.6 Å². The van der Waals surface area contributed by atoms with Crippen LogP contribution in [-0.4, -0.2) is 27.3 Å². The summed E-state index contributed by atoms with van der Waals surface area (Å²) >= 11 is 0. The Bertz CT molecular complexity index is 1070. The van der Waals surface area contributed by atoms with Crippen LogP contribution < -0.4 is 15.4 Å². The molecule has 2 aromatic carbocycles. The number of hydrogen-bond acceptors (Lipinski definition) is 4. The lowest BCUT2D eigenvalue weighted by atomic mass is 10.1. The summed E-state index contributed by atoms with van der Waals surface area (Å²) < 4.78 is 78.7. The molecule has 3 N–H and O–H groups in total. The van der Waals surface area contributed by atoms with Crippen molar-refractivity contribution in [2.75, 3.05) is 17.7 Å². The van der Waals surface area contributed by atoms with Gasteiger partial charge in [-0.1, -0.05) is 0 Å². The largest absolute Gasteiger partial charge is 0.416 e. The summed E-state index contributed by atoms with van der Waals surface area (Å²) in [5, 5.41) is 4.32. The number of amides is 2. The Hall–Kier alpha value is -2.99. The van der Waals surface area contributed by atoms with E-state index in [1.807, 2.05) is 4.72 Å². The van der Waals surface area contributed by atoms with Gasteiger partial charge in [0.2, 0.25) is 15.9 Å². The van der Waals surface area contributed by atoms with Crippen molar-refractivity contribution >= 4 is 33.2 Å². The van der Waals surface area contributed by atoms with Crippen molar-refractivity contribution in [1.29, 1.82) is 0 Å². The van der Waals surface area contributed by atoms with E-state index in [9.17, 15) is 35.6 Å². The summed E-state index contributed by atoms with van der Waals surface area (Å²) in [5.74, 6) is -2.92. The predicted octanol–water partition coefficient (Wildman–Crippen LogP) is 2.96. The average molecular weight is 433 g/mol. The molecule has 0 aliphatic carbocycles. The van der Waals surface area contributed by atoms with E-state index in [0.29, 0.717) is 12.1 Å². The van der Waals surface area contributed by atoms with Crippen molar-refractivity contribution in [2.45, 2.75) is 18.0 Å². The maximum atomic E-state index is 14.1. The van der Waals surface area contributed by atoms with E-state index in [2.05, 4.69) is 10.6 Å². The highest BCUT2D eigenvalue weighted by Crippen LogP contribution is 2.34.